The molecule has 0 amide bonds. The van der Waals surface area contributed by atoms with Crippen molar-refractivity contribution in [1.82, 2.24) is 5.32 Å². The topological polar surface area (TPSA) is 12.0 Å². The van der Waals surface area contributed by atoms with Crippen molar-refractivity contribution in [3.05, 3.63) is 35.4 Å². The molecule has 1 aromatic rings. The number of nitrogens with one attached hydrogen (secondary N) is 1. The van der Waals surface area contributed by atoms with Crippen LogP contribution >= 0.6 is 0 Å². The number of rotatable bonds is 5. The first-order valence-corrected chi connectivity index (χ1v) is 8.02. The van der Waals surface area contributed by atoms with Crippen LogP contribution in [0.25, 0.3) is 0 Å². The average molecular weight is 257 g/mol. The zero-order chi connectivity index (χ0) is 13.4. The molecule has 0 saturated heterocycles. The minimum atomic E-state index is 0.582. The predicted octanol–water partition coefficient (Wildman–Crippen LogP) is 4.51. The molecule has 0 radical (unpaired) electrons. The molecule has 2 aliphatic rings. The Balaban J connectivity index is 1.75. The summed E-state index contributed by atoms with van der Waals surface area (Å²) in [6.07, 6.45) is 4.42. The van der Waals surface area contributed by atoms with Crippen molar-refractivity contribution >= 4 is 0 Å². The molecule has 2 saturated carbocycles. The maximum Gasteiger partial charge on any atom is 0.0348 e. The van der Waals surface area contributed by atoms with Gasteiger partial charge in [-0.1, -0.05) is 45.0 Å². The van der Waals surface area contributed by atoms with Crippen LogP contribution in [0.4, 0.5) is 0 Å². The van der Waals surface area contributed by atoms with Gasteiger partial charge in [0.25, 0.3) is 0 Å². The van der Waals surface area contributed by atoms with E-state index in [1.54, 1.807) is 0 Å². The summed E-state index contributed by atoms with van der Waals surface area (Å²) in [7, 11) is 0. The standard InChI is InChI=1S/C18H27N/c1-4-19-18(17-10-15-9-16(15)11-17)14-7-5-13(6-8-14)12(2)3/h5-8,12,15-19H,4,9-11H2,1-3H3. The van der Waals surface area contributed by atoms with Crippen LogP contribution in [-0.2, 0) is 0 Å². The third-order valence-corrected chi connectivity index (χ3v) is 5.14. The van der Waals surface area contributed by atoms with Gasteiger partial charge < -0.3 is 5.32 Å². The monoisotopic (exact) mass is 257 g/mol. The van der Waals surface area contributed by atoms with Gasteiger partial charge in [0, 0.05) is 6.04 Å². The number of hydrogen-bond donors (Lipinski definition) is 1. The third-order valence-electron chi connectivity index (χ3n) is 5.14. The van der Waals surface area contributed by atoms with E-state index >= 15 is 0 Å². The molecule has 0 heterocycles. The molecule has 3 atom stereocenters. The van der Waals surface area contributed by atoms with Gasteiger partial charge in [0.05, 0.1) is 0 Å². The Morgan fingerprint density at radius 1 is 1.00 bits per heavy atom. The van der Waals surface area contributed by atoms with Gasteiger partial charge in [-0.2, -0.15) is 0 Å². The molecule has 0 spiro atoms. The fourth-order valence-corrected chi connectivity index (χ4v) is 3.90. The Morgan fingerprint density at radius 2 is 1.58 bits per heavy atom. The SMILES string of the molecule is CCNC(c1ccc(C(C)C)cc1)C1CC2CC2C1. The van der Waals surface area contributed by atoms with E-state index < -0.39 is 0 Å². The smallest absolute Gasteiger partial charge is 0.0348 e. The zero-order valence-electron chi connectivity index (χ0n) is 12.5. The lowest BCUT2D eigenvalue weighted by atomic mass is 9.88. The summed E-state index contributed by atoms with van der Waals surface area (Å²) in [6.45, 7) is 7.83. The molecule has 1 heteroatoms. The molecular formula is C18H27N. The highest BCUT2D eigenvalue weighted by Gasteiger charge is 2.47. The molecule has 3 unspecified atom stereocenters. The Hall–Kier alpha value is -0.820. The highest BCUT2D eigenvalue weighted by atomic mass is 14.9. The summed E-state index contributed by atoms with van der Waals surface area (Å²) < 4.78 is 0. The quantitative estimate of drug-likeness (QED) is 0.818. The number of fused-ring (bicyclic) bond motifs is 1. The van der Waals surface area contributed by atoms with E-state index in [-0.39, 0.29) is 0 Å². The van der Waals surface area contributed by atoms with Crippen LogP contribution < -0.4 is 5.32 Å². The first-order valence-electron chi connectivity index (χ1n) is 8.02. The molecule has 0 aliphatic heterocycles. The number of benzene rings is 1. The molecule has 0 aromatic heterocycles. The Labute approximate surface area is 117 Å². The summed E-state index contributed by atoms with van der Waals surface area (Å²) in [6, 6.07) is 9.93. The Morgan fingerprint density at radius 3 is 2.11 bits per heavy atom. The molecular weight excluding hydrogens is 230 g/mol. The zero-order valence-corrected chi connectivity index (χ0v) is 12.5. The highest BCUT2D eigenvalue weighted by molar-refractivity contribution is 5.28. The van der Waals surface area contributed by atoms with Gasteiger partial charge in [0.2, 0.25) is 0 Å². The molecule has 3 rings (SSSR count). The molecule has 1 nitrogen and oxygen atoms in total. The maximum absolute atomic E-state index is 3.73. The molecule has 104 valence electrons. The minimum absolute atomic E-state index is 0.582. The van der Waals surface area contributed by atoms with E-state index in [2.05, 4.69) is 50.4 Å². The molecule has 2 fully saturated rings. The first-order chi connectivity index (χ1) is 9.19. The number of hydrogen-bond acceptors (Lipinski definition) is 1. The van der Waals surface area contributed by atoms with Gasteiger partial charge >= 0.3 is 0 Å². The molecule has 1 aromatic carbocycles. The normalized spacial score (nSPS) is 30.4. The maximum atomic E-state index is 3.73. The second kappa shape index (κ2) is 5.28. The Kier molecular flexibility index (Phi) is 3.66. The van der Waals surface area contributed by atoms with Crippen molar-refractivity contribution in [2.24, 2.45) is 17.8 Å². The predicted molar refractivity (Wildman–Crippen MR) is 81.3 cm³/mol. The van der Waals surface area contributed by atoms with Gasteiger partial charge in [-0.25, -0.2) is 0 Å². The van der Waals surface area contributed by atoms with E-state index in [0.29, 0.717) is 12.0 Å². The summed E-state index contributed by atoms with van der Waals surface area (Å²) >= 11 is 0. The highest BCUT2D eigenvalue weighted by Crippen LogP contribution is 2.57. The third kappa shape index (κ3) is 2.72. The lowest BCUT2D eigenvalue weighted by Gasteiger charge is -2.26. The summed E-state index contributed by atoms with van der Waals surface area (Å²) in [4.78, 5) is 0. The van der Waals surface area contributed by atoms with Crippen LogP contribution in [0.15, 0.2) is 24.3 Å². The van der Waals surface area contributed by atoms with Crippen molar-refractivity contribution in [3.63, 3.8) is 0 Å². The Bertz CT molecular complexity index is 410. The van der Waals surface area contributed by atoms with E-state index in [0.717, 1.165) is 24.3 Å². The van der Waals surface area contributed by atoms with Gasteiger partial charge in [-0.3, -0.25) is 0 Å². The average Bonchev–Trinajstić information content (AvgIpc) is 3.03. The van der Waals surface area contributed by atoms with Crippen LogP contribution in [-0.4, -0.2) is 6.54 Å². The van der Waals surface area contributed by atoms with Gasteiger partial charge in [0.15, 0.2) is 0 Å². The van der Waals surface area contributed by atoms with Crippen molar-refractivity contribution < 1.29 is 0 Å². The summed E-state index contributed by atoms with van der Waals surface area (Å²) in [5, 5.41) is 3.73. The lowest BCUT2D eigenvalue weighted by Crippen LogP contribution is -2.27. The largest absolute Gasteiger partial charge is 0.310 e. The fourth-order valence-electron chi connectivity index (χ4n) is 3.90. The molecule has 2 aliphatic carbocycles. The van der Waals surface area contributed by atoms with Crippen molar-refractivity contribution in [2.75, 3.05) is 6.54 Å². The first kappa shape index (κ1) is 13.2. The van der Waals surface area contributed by atoms with Gasteiger partial charge in [0.1, 0.15) is 0 Å². The van der Waals surface area contributed by atoms with Crippen LogP contribution in [0.1, 0.15) is 63.1 Å². The fraction of sp³-hybridized carbons (Fsp3) is 0.667. The summed E-state index contributed by atoms with van der Waals surface area (Å²) in [5.41, 5.74) is 2.95. The van der Waals surface area contributed by atoms with Crippen molar-refractivity contribution in [1.29, 1.82) is 0 Å². The minimum Gasteiger partial charge on any atom is -0.310 e. The summed E-state index contributed by atoms with van der Waals surface area (Å²) in [5.74, 6) is 3.64. The van der Waals surface area contributed by atoms with E-state index in [9.17, 15) is 0 Å². The van der Waals surface area contributed by atoms with Crippen molar-refractivity contribution in [2.45, 2.75) is 52.0 Å². The van der Waals surface area contributed by atoms with Gasteiger partial charge in [-0.15, -0.1) is 0 Å². The van der Waals surface area contributed by atoms with Crippen molar-refractivity contribution in [3.8, 4) is 0 Å². The van der Waals surface area contributed by atoms with E-state index in [1.807, 2.05) is 0 Å². The second-order valence-corrected chi connectivity index (χ2v) is 6.84. The van der Waals surface area contributed by atoms with Crippen LogP contribution in [0.5, 0.6) is 0 Å². The van der Waals surface area contributed by atoms with E-state index in [4.69, 9.17) is 0 Å². The van der Waals surface area contributed by atoms with Crippen LogP contribution in [0.3, 0.4) is 0 Å². The van der Waals surface area contributed by atoms with Crippen LogP contribution in [0.2, 0.25) is 0 Å². The second-order valence-electron chi connectivity index (χ2n) is 6.84. The van der Waals surface area contributed by atoms with Gasteiger partial charge in [-0.05, 0) is 60.6 Å². The van der Waals surface area contributed by atoms with E-state index in [1.165, 1.54) is 30.4 Å². The van der Waals surface area contributed by atoms with Crippen LogP contribution in [0, 0.1) is 17.8 Å². The molecule has 19 heavy (non-hydrogen) atoms. The lowest BCUT2D eigenvalue weighted by molar-refractivity contribution is 0.346. The molecule has 0 bridgehead atoms. The molecule has 1 N–H and O–H groups in total.